The van der Waals surface area contributed by atoms with Crippen LogP contribution in [0.2, 0.25) is 5.02 Å². The molecule has 0 aliphatic carbocycles. The molecule has 0 fully saturated rings. The van der Waals surface area contributed by atoms with E-state index in [1.54, 1.807) is 7.11 Å². The number of rotatable bonds is 5. The molecule has 0 aliphatic rings. The van der Waals surface area contributed by atoms with E-state index in [0.29, 0.717) is 5.02 Å². The number of nitrogens with zero attached hydrogens (tertiary/aromatic N) is 2. The Labute approximate surface area is 124 Å². The highest BCUT2D eigenvalue weighted by atomic mass is 35.5. The molecule has 1 N–H and O–H groups in total. The van der Waals surface area contributed by atoms with Crippen LogP contribution < -0.4 is 10.1 Å². The van der Waals surface area contributed by atoms with Crippen molar-refractivity contribution < 1.29 is 4.74 Å². The first kappa shape index (κ1) is 14.9. The lowest BCUT2D eigenvalue weighted by molar-refractivity contribution is 0.404. The van der Waals surface area contributed by atoms with E-state index in [9.17, 15) is 0 Å². The fourth-order valence-electron chi connectivity index (χ4n) is 2.38. The quantitative estimate of drug-likeness (QED) is 0.921. The van der Waals surface area contributed by atoms with Crippen molar-refractivity contribution >= 4 is 11.6 Å². The molecule has 2 aromatic rings. The summed E-state index contributed by atoms with van der Waals surface area (Å²) in [5.74, 6) is 0.813. The second-order valence-corrected chi connectivity index (χ2v) is 5.08. The minimum atomic E-state index is -0.0125. The van der Waals surface area contributed by atoms with Gasteiger partial charge in [-0.15, -0.1) is 0 Å². The minimum Gasteiger partial charge on any atom is -0.496 e. The van der Waals surface area contributed by atoms with E-state index in [1.165, 1.54) is 0 Å². The molecule has 108 valence electrons. The van der Waals surface area contributed by atoms with Crippen molar-refractivity contribution in [2.75, 3.05) is 14.2 Å². The molecule has 0 aliphatic heterocycles. The molecule has 0 spiro atoms. The predicted octanol–water partition coefficient (Wildman–Crippen LogP) is 2.95. The highest BCUT2D eigenvalue weighted by molar-refractivity contribution is 6.30. The van der Waals surface area contributed by atoms with Gasteiger partial charge in [-0.1, -0.05) is 18.5 Å². The SMILES string of the molecule is CCc1cc(C(NC)c2cc(Cl)ccc2OC)n(C)n1. The fraction of sp³-hybridized carbons (Fsp3) is 0.400. The lowest BCUT2D eigenvalue weighted by Gasteiger charge is -2.20. The van der Waals surface area contributed by atoms with Crippen molar-refractivity contribution in [1.82, 2.24) is 15.1 Å². The Hall–Kier alpha value is -1.52. The molecule has 0 saturated carbocycles. The molecule has 0 radical (unpaired) electrons. The zero-order valence-corrected chi connectivity index (χ0v) is 13.0. The van der Waals surface area contributed by atoms with E-state index < -0.39 is 0 Å². The third-order valence-corrected chi connectivity index (χ3v) is 3.65. The molecule has 1 heterocycles. The number of aromatic nitrogens is 2. The molecular weight excluding hydrogens is 274 g/mol. The van der Waals surface area contributed by atoms with E-state index in [1.807, 2.05) is 37.0 Å². The monoisotopic (exact) mass is 293 g/mol. The van der Waals surface area contributed by atoms with Gasteiger partial charge in [0.25, 0.3) is 0 Å². The van der Waals surface area contributed by atoms with E-state index in [-0.39, 0.29) is 6.04 Å². The molecule has 5 heteroatoms. The summed E-state index contributed by atoms with van der Waals surface area (Å²) in [6, 6.07) is 7.75. The molecule has 0 amide bonds. The van der Waals surface area contributed by atoms with Crippen LogP contribution in [0.3, 0.4) is 0 Å². The van der Waals surface area contributed by atoms with Crippen LogP contribution in [-0.2, 0) is 13.5 Å². The minimum absolute atomic E-state index is 0.0125. The van der Waals surface area contributed by atoms with Gasteiger partial charge in [-0.25, -0.2) is 0 Å². The number of benzene rings is 1. The summed E-state index contributed by atoms with van der Waals surface area (Å²) in [5, 5.41) is 8.51. The van der Waals surface area contributed by atoms with Gasteiger partial charge in [-0.2, -0.15) is 5.10 Å². The van der Waals surface area contributed by atoms with Crippen molar-refractivity contribution in [3.05, 3.63) is 46.2 Å². The maximum absolute atomic E-state index is 6.13. The fourth-order valence-corrected chi connectivity index (χ4v) is 2.56. The highest BCUT2D eigenvalue weighted by Gasteiger charge is 2.21. The van der Waals surface area contributed by atoms with Crippen molar-refractivity contribution in [3.8, 4) is 5.75 Å². The average molecular weight is 294 g/mol. The Morgan fingerprint density at radius 2 is 2.15 bits per heavy atom. The summed E-state index contributed by atoms with van der Waals surface area (Å²) in [4.78, 5) is 0. The zero-order chi connectivity index (χ0) is 14.7. The smallest absolute Gasteiger partial charge is 0.124 e. The van der Waals surface area contributed by atoms with Crippen molar-refractivity contribution in [2.24, 2.45) is 7.05 Å². The molecule has 4 nitrogen and oxygen atoms in total. The second-order valence-electron chi connectivity index (χ2n) is 4.65. The first-order valence-corrected chi connectivity index (χ1v) is 7.02. The Kier molecular flexibility index (Phi) is 4.68. The van der Waals surface area contributed by atoms with E-state index in [0.717, 1.165) is 29.1 Å². The number of ether oxygens (including phenoxy) is 1. The van der Waals surface area contributed by atoms with Crippen LogP contribution in [0.15, 0.2) is 24.3 Å². The molecule has 0 bridgehead atoms. The van der Waals surface area contributed by atoms with Gasteiger partial charge in [0.1, 0.15) is 5.75 Å². The van der Waals surface area contributed by atoms with Gasteiger partial charge in [0.2, 0.25) is 0 Å². The lowest BCUT2D eigenvalue weighted by atomic mass is 10.0. The van der Waals surface area contributed by atoms with Crippen LogP contribution in [0.4, 0.5) is 0 Å². The maximum Gasteiger partial charge on any atom is 0.124 e. The summed E-state index contributed by atoms with van der Waals surface area (Å²) < 4.78 is 7.35. The highest BCUT2D eigenvalue weighted by Crippen LogP contribution is 2.32. The van der Waals surface area contributed by atoms with Crippen LogP contribution in [0.25, 0.3) is 0 Å². The van der Waals surface area contributed by atoms with E-state index >= 15 is 0 Å². The van der Waals surface area contributed by atoms with Crippen LogP contribution in [0.1, 0.15) is 29.9 Å². The molecule has 2 rings (SSSR count). The second kappa shape index (κ2) is 6.29. The zero-order valence-electron chi connectivity index (χ0n) is 12.3. The van der Waals surface area contributed by atoms with Gasteiger partial charge in [-0.3, -0.25) is 4.68 Å². The molecular formula is C15H20ClN3O. The standard InChI is InChI=1S/C15H20ClN3O/c1-5-11-9-13(19(3)18-11)15(17-2)12-8-10(16)6-7-14(12)20-4/h6-9,15,17H,5H2,1-4H3. The van der Waals surface area contributed by atoms with Crippen LogP contribution in [-0.4, -0.2) is 23.9 Å². The number of aryl methyl sites for hydroxylation is 2. The summed E-state index contributed by atoms with van der Waals surface area (Å²) in [5.41, 5.74) is 3.17. The number of hydrogen-bond donors (Lipinski definition) is 1. The van der Waals surface area contributed by atoms with Gasteiger partial charge in [-0.05, 0) is 37.7 Å². The van der Waals surface area contributed by atoms with Crippen LogP contribution in [0.5, 0.6) is 5.75 Å². The van der Waals surface area contributed by atoms with E-state index in [2.05, 4.69) is 23.4 Å². The number of nitrogens with one attached hydrogen (secondary N) is 1. The van der Waals surface area contributed by atoms with Gasteiger partial charge >= 0.3 is 0 Å². The van der Waals surface area contributed by atoms with E-state index in [4.69, 9.17) is 16.3 Å². The first-order chi connectivity index (χ1) is 9.60. The Morgan fingerprint density at radius 3 is 2.70 bits per heavy atom. The van der Waals surface area contributed by atoms with Gasteiger partial charge in [0.05, 0.1) is 24.5 Å². The molecule has 1 aromatic carbocycles. The summed E-state index contributed by atoms with van der Waals surface area (Å²) in [6.45, 7) is 2.10. The molecule has 1 unspecified atom stereocenters. The molecule has 0 saturated heterocycles. The van der Waals surface area contributed by atoms with Gasteiger partial charge in [0.15, 0.2) is 0 Å². The third kappa shape index (κ3) is 2.81. The molecule has 20 heavy (non-hydrogen) atoms. The van der Waals surface area contributed by atoms with Crippen molar-refractivity contribution in [2.45, 2.75) is 19.4 Å². The van der Waals surface area contributed by atoms with Gasteiger partial charge in [0, 0.05) is 17.6 Å². The summed E-state index contributed by atoms with van der Waals surface area (Å²) in [7, 11) is 5.54. The Balaban J connectivity index is 2.51. The average Bonchev–Trinajstić information content (AvgIpc) is 2.81. The normalized spacial score (nSPS) is 12.4. The third-order valence-electron chi connectivity index (χ3n) is 3.42. The summed E-state index contributed by atoms with van der Waals surface area (Å²) in [6.07, 6.45) is 0.914. The van der Waals surface area contributed by atoms with Crippen LogP contribution >= 0.6 is 11.6 Å². The van der Waals surface area contributed by atoms with Gasteiger partial charge < -0.3 is 10.1 Å². The van der Waals surface area contributed by atoms with Crippen molar-refractivity contribution in [3.63, 3.8) is 0 Å². The van der Waals surface area contributed by atoms with Crippen molar-refractivity contribution in [1.29, 1.82) is 0 Å². The Morgan fingerprint density at radius 1 is 1.40 bits per heavy atom. The first-order valence-electron chi connectivity index (χ1n) is 6.64. The maximum atomic E-state index is 6.13. The topological polar surface area (TPSA) is 39.1 Å². The predicted molar refractivity (Wildman–Crippen MR) is 81.5 cm³/mol. The largest absolute Gasteiger partial charge is 0.496 e. The molecule has 1 atom stereocenters. The number of methoxy groups -OCH3 is 1. The Bertz CT molecular complexity index is 595. The number of hydrogen-bond acceptors (Lipinski definition) is 3. The lowest BCUT2D eigenvalue weighted by Crippen LogP contribution is -2.21. The van der Waals surface area contributed by atoms with Crippen LogP contribution in [0, 0.1) is 0 Å². The summed E-state index contributed by atoms with van der Waals surface area (Å²) >= 11 is 6.13. The number of halogens is 1. The molecule has 1 aromatic heterocycles.